The van der Waals surface area contributed by atoms with Crippen LogP contribution < -0.4 is 10.6 Å². The predicted octanol–water partition coefficient (Wildman–Crippen LogP) is 1.03. The van der Waals surface area contributed by atoms with Gasteiger partial charge in [-0.3, -0.25) is 4.79 Å². The van der Waals surface area contributed by atoms with Crippen LogP contribution in [0.15, 0.2) is 18.5 Å². The number of aromatic nitrogens is 1. The van der Waals surface area contributed by atoms with E-state index in [-0.39, 0.29) is 11.9 Å². The molecule has 3 unspecified atom stereocenters. The number of rotatable bonds is 3. The lowest BCUT2D eigenvalue weighted by Crippen LogP contribution is -2.43. The van der Waals surface area contributed by atoms with Crippen molar-refractivity contribution < 1.29 is 4.79 Å². The zero-order chi connectivity index (χ0) is 12.5. The zero-order valence-electron chi connectivity index (χ0n) is 10.9. The number of aryl methyl sites for hydroxylation is 1. The Morgan fingerprint density at radius 1 is 1.56 bits per heavy atom. The van der Waals surface area contributed by atoms with Gasteiger partial charge in [-0.15, -0.1) is 0 Å². The van der Waals surface area contributed by atoms with Crippen molar-refractivity contribution >= 4 is 5.91 Å². The third-order valence-corrected chi connectivity index (χ3v) is 4.39. The van der Waals surface area contributed by atoms with Gasteiger partial charge in [0, 0.05) is 26.0 Å². The van der Waals surface area contributed by atoms with Gasteiger partial charge in [-0.1, -0.05) is 6.42 Å². The molecule has 1 aromatic rings. The Morgan fingerprint density at radius 3 is 3.22 bits per heavy atom. The smallest absolute Gasteiger partial charge is 0.237 e. The molecule has 1 saturated carbocycles. The highest BCUT2D eigenvalue weighted by molar-refractivity contribution is 5.82. The number of carbonyl (C=O) groups excluding carboxylic acids is 1. The highest BCUT2D eigenvalue weighted by atomic mass is 16.2. The van der Waals surface area contributed by atoms with Crippen LogP contribution in [0.2, 0.25) is 0 Å². The monoisotopic (exact) mass is 247 g/mol. The van der Waals surface area contributed by atoms with E-state index in [0.29, 0.717) is 12.5 Å². The van der Waals surface area contributed by atoms with Crippen LogP contribution in [-0.4, -0.2) is 23.1 Å². The molecule has 1 aromatic heterocycles. The maximum atomic E-state index is 12.2. The normalized spacial score (nSPS) is 30.4. The first-order chi connectivity index (χ1) is 8.74. The lowest BCUT2D eigenvalue weighted by atomic mass is 9.93. The van der Waals surface area contributed by atoms with E-state index < -0.39 is 0 Å². The van der Waals surface area contributed by atoms with E-state index in [4.69, 9.17) is 0 Å². The summed E-state index contributed by atoms with van der Waals surface area (Å²) in [5.74, 6) is 1.48. The summed E-state index contributed by atoms with van der Waals surface area (Å²) in [5, 5.41) is 6.43. The van der Waals surface area contributed by atoms with E-state index >= 15 is 0 Å². The Morgan fingerprint density at radius 2 is 2.44 bits per heavy atom. The van der Waals surface area contributed by atoms with Crippen LogP contribution in [-0.2, 0) is 18.4 Å². The van der Waals surface area contributed by atoms with E-state index in [2.05, 4.69) is 10.6 Å². The van der Waals surface area contributed by atoms with Crippen molar-refractivity contribution in [3.8, 4) is 0 Å². The third-order valence-electron chi connectivity index (χ3n) is 4.39. The minimum absolute atomic E-state index is 0.0428. The number of hydrogen-bond acceptors (Lipinski definition) is 2. The fourth-order valence-electron chi connectivity index (χ4n) is 3.44. The molecule has 0 bridgehead atoms. The summed E-state index contributed by atoms with van der Waals surface area (Å²) in [4.78, 5) is 12.2. The van der Waals surface area contributed by atoms with Gasteiger partial charge >= 0.3 is 0 Å². The van der Waals surface area contributed by atoms with Gasteiger partial charge in [0.15, 0.2) is 0 Å². The Hall–Kier alpha value is -1.29. The summed E-state index contributed by atoms with van der Waals surface area (Å²) in [6, 6.07) is 2.09. The Kier molecular flexibility index (Phi) is 3.12. The molecule has 2 fully saturated rings. The maximum absolute atomic E-state index is 12.2. The van der Waals surface area contributed by atoms with E-state index in [0.717, 1.165) is 18.0 Å². The standard InChI is InChI=1S/C14H21N3O/c1-17-6-5-10(9-17)7-16-14(18)13-12-4-2-3-11(12)8-15-13/h5-6,9,11-13,15H,2-4,7-8H2,1H3,(H,16,18). The fourth-order valence-corrected chi connectivity index (χ4v) is 3.44. The summed E-state index contributed by atoms with van der Waals surface area (Å²) in [5.41, 5.74) is 1.16. The number of nitrogens with zero attached hydrogens (tertiary/aromatic N) is 1. The number of nitrogens with one attached hydrogen (secondary N) is 2. The van der Waals surface area contributed by atoms with Gasteiger partial charge < -0.3 is 15.2 Å². The predicted molar refractivity (Wildman–Crippen MR) is 69.9 cm³/mol. The molecule has 3 atom stereocenters. The largest absolute Gasteiger partial charge is 0.357 e. The van der Waals surface area contributed by atoms with Crippen LogP contribution in [0.1, 0.15) is 24.8 Å². The van der Waals surface area contributed by atoms with Crippen LogP contribution in [0.3, 0.4) is 0 Å². The molecule has 0 spiro atoms. The molecule has 2 aliphatic rings. The van der Waals surface area contributed by atoms with Crippen molar-refractivity contribution in [3.63, 3.8) is 0 Å². The first-order valence-corrected chi connectivity index (χ1v) is 6.86. The lowest BCUT2D eigenvalue weighted by Gasteiger charge is -2.17. The summed E-state index contributed by atoms with van der Waals surface area (Å²) in [6.07, 6.45) is 7.84. The van der Waals surface area contributed by atoms with Crippen LogP contribution in [0.5, 0.6) is 0 Å². The van der Waals surface area contributed by atoms with E-state index in [1.165, 1.54) is 19.3 Å². The SMILES string of the molecule is Cn1ccc(CNC(=O)C2NCC3CCCC32)c1. The molecular formula is C14H21N3O. The highest BCUT2D eigenvalue weighted by Crippen LogP contribution is 2.37. The molecule has 1 aliphatic carbocycles. The molecule has 2 N–H and O–H groups in total. The van der Waals surface area contributed by atoms with Crippen molar-refractivity contribution in [2.45, 2.75) is 31.8 Å². The fraction of sp³-hybridized carbons (Fsp3) is 0.643. The molecule has 3 rings (SSSR count). The van der Waals surface area contributed by atoms with Gasteiger partial charge in [-0.2, -0.15) is 0 Å². The van der Waals surface area contributed by atoms with Crippen molar-refractivity contribution in [2.75, 3.05) is 6.54 Å². The first kappa shape index (κ1) is 11.8. The number of carbonyl (C=O) groups is 1. The first-order valence-electron chi connectivity index (χ1n) is 6.86. The lowest BCUT2D eigenvalue weighted by molar-refractivity contribution is -0.123. The molecule has 2 heterocycles. The molecule has 0 aromatic carbocycles. The highest BCUT2D eigenvalue weighted by Gasteiger charge is 2.42. The summed E-state index contributed by atoms with van der Waals surface area (Å²) in [7, 11) is 1.99. The molecule has 1 aliphatic heterocycles. The molecular weight excluding hydrogens is 226 g/mol. The Bertz CT molecular complexity index is 440. The average Bonchev–Trinajstić information content (AvgIpc) is 3.01. The van der Waals surface area contributed by atoms with E-state index in [1.807, 2.05) is 30.1 Å². The zero-order valence-corrected chi connectivity index (χ0v) is 10.9. The van der Waals surface area contributed by atoms with Gasteiger partial charge in [0.1, 0.15) is 0 Å². The Labute approximate surface area is 108 Å². The second-order valence-corrected chi connectivity index (χ2v) is 5.64. The van der Waals surface area contributed by atoms with Crippen molar-refractivity contribution in [2.24, 2.45) is 18.9 Å². The van der Waals surface area contributed by atoms with Crippen LogP contribution in [0.4, 0.5) is 0 Å². The molecule has 4 heteroatoms. The summed E-state index contributed by atoms with van der Waals surface area (Å²) >= 11 is 0. The number of fused-ring (bicyclic) bond motifs is 1. The molecule has 1 amide bonds. The van der Waals surface area contributed by atoms with Crippen LogP contribution >= 0.6 is 0 Å². The molecule has 4 nitrogen and oxygen atoms in total. The average molecular weight is 247 g/mol. The Balaban J connectivity index is 1.55. The molecule has 18 heavy (non-hydrogen) atoms. The second-order valence-electron chi connectivity index (χ2n) is 5.64. The van der Waals surface area contributed by atoms with Gasteiger partial charge in [0.05, 0.1) is 6.04 Å². The van der Waals surface area contributed by atoms with E-state index in [9.17, 15) is 4.79 Å². The topological polar surface area (TPSA) is 46.1 Å². The molecule has 0 radical (unpaired) electrons. The minimum atomic E-state index is 0.0428. The third kappa shape index (κ3) is 2.17. The van der Waals surface area contributed by atoms with Gasteiger partial charge in [0.2, 0.25) is 5.91 Å². The number of hydrogen-bond donors (Lipinski definition) is 2. The summed E-state index contributed by atoms with van der Waals surface area (Å²) < 4.78 is 2.00. The maximum Gasteiger partial charge on any atom is 0.237 e. The van der Waals surface area contributed by atoms with Crippen molar-refractivity contribution in [1.29, 1.82) is 0 Å². The van der Waals surface area contributed by atoms with Crippen LogP contribution in [0.25, 0.3) is 0 Å². The second kappa shape index (κ2) is 4.76. The van der Waals surface area contributed by atoms with Gasteiger partial charge in [-0.25, -0.2) is 0 Å². The number of amides is 1. The minimum Gasteiger partial charge on any atom is -0.357 e. The quantitative estimate of drug-likeness (QED) is 0.838. The van der Waals surface area contributed by atoms with Gasteiger partial charge in [0.25, 0.3) is 0 Å². The molecule has 1 saturated heterocycles. The van der Waals surface area contributed by atoms with Crippen molar-refractivity contribution in [3.05, 3.63) is 24.0 Å². The van der Waals surface area contributed by atoms with Crippen molar-refractivity contribution in [1.82, 2.24) is 15.2 Å². The summed E-state index contributed by atoms with van der Waals surface area (Å²) in [6.45, 7) is 1.66. The van der Waals surface area contributed by atoms with Crippen LogP contribution in [0, 0.1) is 11.8 Å². The van der Waals surface area contributed by atoms with E-state index in [1.54, 1.807) is 0 Å². The molecule has 98 valence electrons. The van der Waals surface area contributed by atoms with Gasteiger partial charge in [-0.05, 0) is 42.9 Å².